The molecule has 2 rings (SSSR count). The largest absolute Gasteiger partial charge is 0.0622 e. The van der Waals surface area contributed by atoms with Gasteiger partial charge in [0.1, 0.15) is 0 Å². The van der Waals surface area contributed by atoms with Gasteiger partial charge in [-0.05, 0) is 47.8 Å². The second-order valence-electron chi connectivity index (χ2n) is 7.24. The molecule has 0 nitrogen and oxygen atoms in total. The predicted molar refractivity (Wildman–Crippen MR) is 66.8 cm³/mol. The van der Waals surface area contributed by atoms with Crippen molar-refractivity contribution in [1.29, 1.82) is 0 Å². The molecule has 15 heavy (non-hydrogen) atoms. The van der Waals surface area contributed by atoms with E-state index in [0.29, 0.717) is 10.8 Å². The van der Waals surface area contributed by atoms with Crippen molar-refractivity contribution >= 4 is 0 Å². The monoisotopic (exact) mass is 208 g/mol. The third kappa shape index (κ3) is 1.65. The van der Waals surface area contributed by atoms with E-state index in [9.17, 15) is 0 Å². The quantitative estimate of drug-likeness (QED) is 0.532. The van der Waals surface area contributed by atoms with Gasteiger partial charge in [-0.25, -0.2) is 0 Å². The Morgan fingerprint density at radius 3 is 2.27 bits per heavy atom. The summed E-state index contributed by atoms with van der Waals surface area (Å²) in [6, 6.07) is 0. The molecule has 0 aromatic carbocycles. The van der Waals surface area contributed by atoms with E-state index in [1.165, 1.54) is 32.1 Å². The zero-order valence-corrected chi connectivity index (χ0v) is 11.3. The van der Waals surface area contributed by atoms with Gasteiger partial charge in [0.25, 0.3) is 0 Å². The van der Waals surface area contributed by atoms with Crippen molar-refractivity contribution in [3.8, 4) is 0 Å². The Kier molecular flexibility index (Phi) is 2.68. The Bertz CT molecular complexity index is 240. The minimum absolute atomic E-state index is 0.599. The van der Waals surface area contributed by atoms with Gasteiger partial charge in [-0.15, -0.1) is 0 Å². The van der Waals surface area contributed by atoms with Crippen molar-refractivity contribution in [3.05, 3.63) is 0 Å². The molecular weight excluding hydrogens is 180 g/mol. The van der Waals surface area contributed by atoms with Crippen LogP contribution in [0.3, 0.4) is 0 Å². The average molecular weight is 208 g/mol. The summed E-state index contributed by atoms with van der Waals surface area (Å²) in [5, 5.41) is 0. The zero-order valence-electron chi connectivity index (χ0n) is 11.3. The molecule has 0 heterocycles. The second kappa shape index (κ2) is 3.50. The van der Waals surface area contributed by atoms with Gasteiger partial charge in [0.2, 0.25) is 0 Å². The Labute approximate surface area is 95.8 Å². The maximum Gasteiger partial charge on any atom is -0.0264 e. The Morgan fingerprint density at radius 1 is 0.933 bits per heavy atom. The first-order valence-electron chi connectivity index (χ1n) is 6.88. The van der Waals surface area contributed by atoms with Gasteiger partial charge in [0, 0.05) is 0 Å². The van der Waals surface area contributed by atoms with E-state index in [2.05, 4.69) is 34.6 Å². The third-order valence-electron chi connectivity index (χ3n) is 6.08. The van der Waals surface area contributed by atoms with E-state index < -0.39 is 0 Å². The fourth-order valence-corrected chi connectivity index (χ4v) is 4.76. The van der Waals surface area contributed by atoms with Crippen LogP contribution in [0.1, 0.15) is 66.7 Å². The SMILES string of the molecule is C[C@@H]1CC[C@H]2C(C)(C)CCC[C@]2(C)[C@H]1C. The number of hydrogen-bond acceptors (Lipinski definition) is 0. The first-order chi connectivity index (χ1) is 6.88. The lowest BCUT2D eigenvalue weighted by molar-refractivity contribution is -0.0868. The Hall–Kier alpha value is 0. The van der Waals surface area contributed by atoms with Crippen LogP contribution in [0.25, 0.3) is 0 Å². The van der Waals surface area contributed by atoms with Crippen LogP contribution in [-0.4, -0.2) is 0 Å². The molecule has 0 unspecified atom stereocenters. The van der Waals surface area contributed by atoms with Crippen LogP contribution in [0.2, 0.25) is 0 Å². The second-order valence-corrected chi connectivity index (χ2v) is 7.24. The molecule has 0 amide bonds. The van der Waals surface area contributed by atoms with Gasteiger partial charge >= 0.3 is 0 Å². The highest BCUT2D eigenvalue weighted by Gasteiger charge is 2.51. The Morgan fingerprint density at radius 2 is 1.60 bits per heavy atom. The molecule has 4 atom stereocenters. The normalized spacial score (nSPS) is 49.8. The molecule has 0 bridgehead atoms. The van der Waals surface area contributed by atoms with Crippen molar-refractivity contribution in [2.75, 3.05) is 0 Å². The number of rotatable bonds is 0. The maximum absolute atomic E-state index is 2.58. The summed E-state index contributed by atoms with van der Waals surface area (Å²) in [6.07, 6.45) is 7.33. The molecule has 2 saturated carbocycles. The van der Waals surface area contributed by atoms with Gasteiger partial charge in [-0.2, -0.15) is 0 Å². The molecule has 0 radical (unpaired) electrons. The molecule has 0 aromatic rings. The van der Waals surface area contributed by atoms with Gasteiger partial charge in [0.05, 0.1) is 0 Å². The lowest BCUT2D eigenvalue weighted by atomic mass is 9.47. The average Bonchev–Trinajstić information content (AvgIpc) is 2.12. The van der Waals surface area contributed by atoms with Gasteiger partial charge < -0.3 is 0 Å². The van der Waals surface area contributed by atoms with Crippen LogP contribution < -0.4 is 0 Å². The van der Waals surface area contributed by atoms with Crippen LogP contribution >= 0.6 is 0 Å². The summed E-state index contributed by atoms with van der Waals surface area (Å²) in [5.41, 5.74) is 1.24. The smallest absolute Gasteiger partial charge is 0.0264 e. The molecule has 0 aliphatic heterocycles. The van der Waals surface area contributed by atoms with Gasteiger partial charge in [0.15, 0.2) is 0 Å². The van der Waals surface area contributed by atoms with Crippen LogP contribution in [0.15, 0.2) is 0 Å². The summed E-state index contributed by atoms with van der Waals surface area (Å²) in [5.74, 6) is 2.85. The lowest BCUT2D eigenvalue weighted by Gasteiger charge is -2.58. The molecule has 0 heteroatoms. The number of fused-ring (bicyclic) bond motifs is 1. The van der Waals surface area contributed by atoms with E-state index in [1.807, 2.05) is 0 Å². The molecule has 2 fully saturated rings. The maximum atomic E-state index is 2.58. The van der Waals surface area contributed by atoms with Crippen molar-refractivity contribution in [2.24, 2.45) is 28.6 Å². The summed E-state index contributed by atoms with van der Waals surface area (Å²) < 4.78 is 0. The van der Waals surface area contributed by atoms with Crippen molar-refractivity contribution in [3.63, 3.8) is 0 Å². The van der Waals surface area contributed by atoms with Crippen LogP contribution in [0, 0.1) is 28.6 Å². The summed E-state index contributed by atoms with van der Waals surface area (Å²) in [7, 11) is 0. The Balaban J connectivity index is 2.29. The van der Waals surface area contributed by atoms with Crippen molar-refractivity contribution in [1.82, 2.24) is 0 Å². The van der Waals surface area contributed by atoms with Crippen LogP contribution in [0.4, 0.5) is 0 Å². The summed E-state index contributed by atoms with van der Waals surface area (Å²) >= 11 is 0. The highest BCUT2D eigenvalue weighted by Crippen LogP contribution is 2.60. The minimum atomic E-state index is 0.599. The standard InChI is InChI=1S/C15H28/c1-11-7-8-13-14(3,4)9-6-10-15(13,5)12(11)2/h11-13H,6-10H2,1-5H3/t11-,12+,13+,15-/m1/s1. The fourth-order valence-electron chi connectivity index (χ4n) is 4.76. The summed E-state index contributed by atoms with van der Waals surface area (Å²) in [4.78, 5) is 0. The van der Waals surface area contributed by atoms with E-state index in [1.54, 1.807) is 0 Å². The molecule has 0 spiro atoms. The first kappa shape index (κ1) is 11.5. The van der Waals surface area contributed by atoms with Crippen molar-refractivity contribution in [2.45, 2.75) is 66.7 Å². The molecule has 88 valence electrons. The van der Waals surface area contributed by atoms with Gasteiger partial charge in [-0.3, -0.25) is 0 Å². The summed E-state index contributed by atoms with van der Waals surface area (Å²) in [6.45, 7) is 12.6. The first-order valence-corrected chi connectivity index (χ1v) is 6.88. The zero-order chi connectivity index (χ0) is 11.3. The molecule has 0 N–H and O–H groups in total. The van der Waals surface area contributed by atoms with Crippen LogP contribution in [0.5, 0.6) is 0 Å². The minimum Gasteiger partial charge on any atom is -0.0622 e. The topological polar surface area (TPSA) is 0 Å². The fraction of sp³-hybridized carbons (Fsp3) is 1.00. The molecular formula is C15H28. The van der Waals surface area contributed by atoms with E-state index in [-0.39, 0.29) is 0 Å². The molecule has 0 saturated heterocycles. The molecule has 0 aromatic heterocycles. The van der Waals surface area contributed by atoms with E-state index in [0.717, 1.165) is 17.8 Å². The molecule has 2 aliphatic rings. The van der Waals surface area contributed by atoms with Gasteiger partial charge in [-0.1, -0.05) is 47.5 Å². The highest BCUT2D eigenvalue weighted by molar-refractivity contribution is 5.01. The van der Waals surface area contributed by atoms with E-state index in [4.69, 9.17) is 0 Å². The third-order valence-corrected chi connectivity index (χ3v) is 6.08. The van der Waals surface area contributed by atoms with Crippen LogP contribution in [-0.2, 0) is 0 Å². The van der Waals surface area contributed by atoms with E-state index >= 15 is 0 Å². The predicted octanol–water partition coefficient (Wildman–Crippen LogP) is 4.89. The van der Waals surface area contributed by atoms with Crippen molar-refractivity contribution < 1.29 is 0 Å². The number of hydrogen-bond donors (Lipinski definition) is 0. The lowest BCUT2D eigenvalue weighted by Crippen LogP contribution is -2.50. The highest BCUT2D eigenvalue weighted by atomic mass is 14.6. The molecule has 2 aliphatic carbocycles.